The van der Waals surface area contributed by atoms with Crippen LogP contribution in [0.25, 0.3) is 21.7 Å². The maximum Gasteiger partial charge on any atom is 0.259 e. The minimum absolute atomic E-state index is 0.0566. The van der Waals surface area contributed by atoms with Crippen LogP contribution in [0.2, 0.25) is 0 Å². The molecule has 0 aliphatic carbocycles. The van der Waals surface area contributed by atoms with Crippen LogP contribution in [-0.2, 0) is 13.1 Å². The molecule has 4 aromatic rings. The van der Waals surface area contributed by atoms with Crippen molar-refractivity contribution in [3.8, 4) is 11.5 Å². The third kappa shape index (κ3) is 4.21. The molecule has 0 saturated carbocycles. The fraction of sp³-hybridized carbons (Fsp3) is 0.364. The average molecular weight is 455 g/mol. The van der Waals surface area contributed by atoms with Crippen LogP contribution in [0.15, 0.2) is 33.5 Å². The van der Waals surface area contributed by atoms with E-state index in [1.807, 2.05) is 13.8 Å². The standard InChI is InChI=1S/C22H23FN6O2S/c1-13-14(2)32-22-19(13)20(30)24-17(25-22)11-28-7-9-29(10-8-28)12-18-26-27-21(31-18)15-3-5-16(23)6-4-15/h3-6H,7-12H2,1-2H3,(H,24,25,30). The van der Waals surface area contributed by atoms with Gasteiger partial charge in [-0.1, -0.05) is 0 Å². The number of benzene rings is 1. The van der Waals surface area contributed by atoms with Crippen LogP contribution in [0.3, 0.4) is 0 Å². The Morgan fingerprint density at radius 2 is 1.75 bits per heavy atom. The van der Waals surface area contributed by atoms with Crippen molar-refractivity contribution in [1.29, 1.82) is 0 Å². The Labute approximate surface area is 187 Å². The Kier molecular flexibility index (Phi) is 5.58. The molecule has 1 aliphatic rings. The predicted octanol–water partition coefficient (Wildman–Crippen LogP) is 3.11. The maximum atomic E-state index is 13.1. The zero-order valence-corrected chi connectivity index (χ0v) is 18.7. The SMILES string of the molecule is Cc1sc2nc(CN3CCN(Cc4nnc(-c5ccc(F)cc5)o4)CC3)[nH]c(=O)c2c1C. The van der Waals surface area contributed by atoms with Crippen molar-refractivity contribution in [1.82, 2.24) is 30.0 Å². The molecule has 1 saturated heterocycles. The van der Waals surface area contributed by atoms with Crippen LogP contribution in [0, 0.1) is 19.7 Å². The first-order valence-electron chi connectivity index (χ1n) is 10.5. The van der Waals surface area contributed by atoms with Gasteiger partial charge in [0, 0.05) is 36.6 Å². The summed E-state index contributed by atoms with van der Waals surface area (Å²) in [7, 11) is 0. The second kappa shape index (κ2) is 8.53. The van der Waals surface area contributed by atoms with Crippen LogP contribution < -0.4 is 5.56 Å². The summed E-state index contributed by atoms with van der Waals surface area (Å²) in [6, 6.07) is 6.00. The lowest BCUT2D eigenvalue weighted by atomic mass is 10.2. The minimum atomic E-state index is -0.300. The van der Waals surface area contributed by atoms with Gasteiger partial charge in [0.2, 0.25) is 11.8 Å². The largest absolute Gasteiger partial charge is 0.419 e. The van der Waals surface area contributed by atoms with Crippen molar-refractivity contribution in [2.45, 2.75) is 26.9 Å². The van der Waals surface area contributed by atoms with Crippen molar-refractivity contribution in [3.05, 3.63) is 62.6 Å². The van der Waals surface area contributed by atoms with Crippen LogP contribution in [0.5, 0.6) is 0 Å². The molecule has 10 heteroatoms. The Hall–Kier alpha value is -2.95. The molecule has 4 heterocycles. The van der Waals surface area contributed by atoms with E-state index >= 15 is 0 Å². The Morgan fingerprint density at radius 1 is 1.06 bits per heavy atom. The highest BCUT2D eigenvalue weighted by atomic mass is 32.1. The van der Waals surface area contributed by atoms with Gasteiger partial charge in [0.15, 0.2) is 0 Å². The van der Waals surface area contributed by atoms with E-state index in [4.69, 9.17) is 4.42 Å². The van der Waals surface area contributed by atoms with E-state index in [9.17, 15) is 9.18 Å². The molecule has 8 nitrogen and oxygen atoms in total. The number of thiophene rings is 1. The predicted molar refractivity (Wildman–Crippen MR) is 120 cm³/mol. The Bertz CT molecular complexity index is 1300. The molecule has 0 radical (unpaired) electrons. The first kappa shape index (κ1) is 20.9. The van der Waals surface area contributed by atoms with Gasteiger partial charge in [-0.2, -0.15) is 0 Å². The Balaban J connectivity index is 1.18. The van der Waals surface area contributed by atoms with Gasteiger partial charge in [-0.3, -0.25) is 14.6 Å². The van der Waals surface area contributed by atoms with Crippen LogP contribution in [-0.4, -0.2) is 56.1 Å². The van der Waals surface area contributed by atoms with Crippen LogP contribution >= 0.6 is 11.3 Å². The summed E-state index contributed by atoms with van der Waals surface area (Å²) in [5.41, 5.74) is 1.66. The lowest BCUT2D eigenvalue weighted by Crippen LogP contribution is -2.45. The number of piperazine rings is 1. The third-order valence-corrected chi connectivity index (χ3v) is 6.94. The number of nitrogens with zero attached hydrogens (tertiary/aromatic N) is 5. The number of nitrogens with one attached hydrogen (secondary N) is 1. The molecule has 0 bridgehead atoms. The summed E-state index contributed by atoms with van der Waals surface area (Å²) in [6.45, 7) is 8.56. The number of hydrogen-bond donors (Lipinski definition) is 1. The van der Waals surface area contributed by atoms with Gasteiger partial charge in [-0.15, -0.1) is 21.5 Å². The number of hydrogen-bond acceptors (Lipinski definition) is 8. The molecule has 3 aromatic heterocycles. The Morgan fingerprint density at radius 3 is 2.47 bits per heavy atom. The number of fused-ring (bicyclic) bond motifs is 1. The molecule has 166 valence electrons. The molecule has 1 N–H and O–H groups in total. The first-order chi connectivity index (χ1) is 15.5. The monoisotopic (exact) mass is 454 g/mol. The summed E-state index contributed by atoms with van der Waals surface area (Å²) in [5, 5.41) is 8.91. The van der Waals surface area contributed by atoms with Gasteiger partial charge in [0.1, 0.15) is 16.5 Å². The second-order valence-electron chi connectivity index (χ2n) is 8.04. The van der Waals surface area contributed by atoms with E-state index in [2.05, 4.69) is 30.0 Å². The number of aryl methyl sites for hydroxylation is 2. The smallest absolute Gasteiger partial charge is 0.259 e. The second-order valence-corrected chi connectivity index (χ2v) is 9.24. The lowest BCUT2D eigenvalue weighted by molar-refractivity contribution is 0.113. The van der Waals surface area contributed by atoms with Gasteiger partial charge in [0.25, 0.3) is 5.56 Å². The molecule has 5 rings (SSSR count). The maximum absolute atomic E-state index is 13.1. The van der Waals surface area contributed by atoms with Crippen molar-refractivity contribution in [3.63, 3.8) is 0 Å². The van der Waals surface area contributed by atoms with E-state index in [1.165, 1.54) is 12.1 Å². The first-order valence-corrected chi connectivity index (χ1v) is 11.3. The summed E-state index contributed by atoms with van der Waals surface area (Å²) < 4.78 is 18.8. The summed E-state index contributed by atoms with van der Waals surface area (Å²) in [6.07, 6.45) is 0. The molecule has 1 aromatic carbocycles. The number of aromatic nitrogens is 4. The van der Waals surface area contributed by atoms with Gasteiger partial charge >= 0.3 is 0 Å². The molecular weight excluding hydrogens is 431 g/mol. The van der Waals surface area contributed by atoms with E-state index in [1.54, 1.807) is 23.5 Å². The minimum Gasteiger partial charge on any atom is -0.419 e. The molecule has 1 aliphatic heterocycles. The number of rotatable bonds is 5. The number of H-pyrrole nitrogens is 1. The summed E-state index contributed by atoms with van der Waals surface area (Å²) >= 11 is 1.57. The van der Waals surface area contributed by atoms with Crippen molar-refractivity contribution in [2.75, 3.05) is 26.2 Å². The van der Waals surface area contributed by atoms with E-state index in [0.29, 0.717) is 41.6 Å². The average Bonchev–Trinajstić information content (AvgIpc) is 3.34. The van der Waals surface area contributed by atoms with Gasteiger partial charge in [-0.25, -0.2) is 9.37 Å². The highest BCUT2D eigenvalue weighted by Crippen LogP contribution is 2.26. The number of aromatic amines is 1. The van der Waals surface area contributed by atoms with Gasteiger partial charge < -0.3 is 9.40 Å². The van der Waals surface area contributed by atoms with E-state index < -0.39 is 0 Å². The number of halogens is 1. The van der Waals surface area contributed by atoms with Gasteiger partial charge in [0.05, 0.1) is 18.5 Å². The summed E-state index contributed by atoms with van der Waals surface area (Å²) in [4.78, 5) is 26.6. The molecule has 0 unspecified atom stereocenters. The molecule has 1 fully saturated rings. The van der Waals surface area contributed by atoms with Crippen LogP contribution in [0.1, 0.15) is 22.2 Å². The normalized spacial score (nSPS) is 15.6. The fourth-order valence-electron chi connectivity index (χ4n) is 3.91. The zero-order chi connectivity index (χ0) is 22.2. The van der Waals surface area contributed by atoms with Crippen molar-refractivity contribution in [2.24, 2.45) is 0 Å². The zero-order valence-electron chi connectivity index (χ0n) is 17.9. The highest BCUT2D eigenvalue weighted by molar-refractivity contribution is 7.18. The third-order valence-electron chi connectivity index (χ3n) is 5.84. The molecule has 0 amide bonds. The topological polar surface area (TPSA) is 91.2 Å². The molecular formula is C22H23FN6O2S. The lowest BCUT2D eigenvalue weighted by Gasteiger charge is -2.33. The molecule has 0 atom stereocenters. The summed E-state index contributed by atoms with van der Waals surface area (Å²) in [5.74, 6) is 1.34. The van der Waals surface area contributed by atoms with Crippen molar-refractivity contribution < 1.29 is 8.81 Å². The van der Waals surface area contributed by atoms with E-state index in [0.717, 1.165) is 41.5 Å². The van der Waals surface area contributed by atoms with Crippen molar-refractivity contribution >= 4 is 21.6 Å². The quantitative estimate of drug-likeness (QED) is 0.495. The van der Waals surface area contributed by atoms with E-state index in [-0.39, 0.29) is 11.4 Å². The van der Waals surface area contributed by atoms with Crippen LogP contribution in [0.4, 0.5) is 4.39 Å². The van der Waals surface area contributed by atoms with Gasteiger partial charge in [-0.05, 0) is 43.7 Å². The highest BCUT2D eigenvalue weighted by Gasteiger charge is 2.21. The molecule has 0 spiro atoms. The fourth-order valence-corrected chi connectivity index (χ4v) is 4.96. The molecule has 32 heavy (non-hydrogen) atoms.